The lowest BCUT2D eigenvalue weighted by molar-refractivity contribution is 0.0932. The molecule has 0 saturated carbocycles. The number of thioether (sulfide) groups is 1. The van der Waals surface area contributed by atoms with Gasteiger partial charge in [-0.25, -0.2) is 14.2 Å². The smallest absolute Gasteiger partial charge is 0.320 e. The minimum Gasteiger partial charge on any atom is -0.471 e. The van der Waals surface area contributed by atoms with Gasteiger partial charge in [0.25, 0.3) is 5.88 Å². The molecule has 3 aliphatic heterocycles. The number of likely N-dealkylation sites (tertiary alicyclic amines) is 2. The van der Waals surface area contributed by atoms with Crippen LogP contribution in [0.15, 0.2) is 18.3 Å². The molecule has 124 valence electrons. The second-order valence-electron chi connectivity index (χ2n) is 6.56. The number of rotatable bonds is 2. The Morgan fingerprint density at radius 1 is 1.35 bits per heavy atom. The van der Waals surface area contributed by atoms with Gasteiger partial charge in [0.15, 0.2) is 5.82 Å². The predicted octanol–water partition coefficient (Wildman–Crippen LogP) is 2.38. The summed E-state index contributed by atoms with van der Waals surface area (Å²) in [5, 5.41) is 0. The van der Waals surface area contributed by atoms with E-state index in [1.807, 2.05) is 21.6 Å². The lowest BCUT2D eigenvalue weighted by Crippen LogP contribution is -2.63. The lowest BCUT2D eigenvalue weighted by Gasteiger charge is -2.48. The van der Waals surface area contributed by atoms with E-state index in [4.69, 9.17) is 4.74 Å². The fourth-order valence-corrected chi connectivity index (χ4v) is 5.13. The maximum atomic E-state index is 13.6. The van der Waals surface area contributed by atoms with Crippen molar-refractivity contribution in [3.63, 3.8) is 0 Å². The first-order valence-electron chi connectivity index (χ1n) is 8.10. The van der Waals surface area contributed by atoms with Crippen molar-refractivity contribution in [3.05, 3.63) is 24.1 Å². The fourth-order valence-electron chi connectivity index (χ4n) is 3.61. The van der Waals surface area contributed by atoms with Crippen LogP contribution in [0, 0.1) is 5.82 Å². The summed E-state index contributed by atoms with van der Waals surface area (Å²) in [6, 6.07) is 3.09. The quantitative estimate of drug-likeness (QED) is 0.831. The van der Waals surface area contributed by atoms with Crippen molar-refractivity contribution in [3.8, 4) is 5.88 Å². The molecule has 3 fully saturated rings. The topological polar surface area (TPSA) is 45.7 Å². The van der Waals surface area contributed by atoms with Gasteiger partial charge in [-0.05, 0) is 25.0 Å². The highest BCUT2D eigenvalue weighted by atomic mass is 32.2. The molecule has 1 atom stereocenters. The van der Waals surface area contributed by atoms with Crippen LogP contribution in [0.1, 0.15) is 19.3 Å². The van der Waals surface area contributed by atoms with Gasteiger partial charge in [-0.2, -0.15) is 0 Å². The summed E-state index contributed by atoms with van der Waals surface area (Å²) in [5.41, 5.74) is 0. The number of hydrogen-bond acceptors (Lipinski definition) is 4. The Morgan fingerprint density at radius 3 is 2.87 bits per heavy atom. The highest BCUT2D eigenvalue weighted by Crippen LogP contribution is 2.46. The van der Waals surface area contributed by atoms with Crippen molar-refractivity contribution in [2.24, 2.45) is 0 Å². The number of carbonyl (C=O) groups is 1. The Hall–Kier alpha value is -1.50. The highest BCUT2D eigenvalue weighted by Gasteiger charge is 2.52. The first kappa shape index (κ1) is 15.1. The summed E-state index contributed by atoms with van der Waals surface area (Å²) in [6.45, 7) is 3.33. The zero-order valence-corrected chi connectivity index (χ0v) is 13.7. The average molecular weight is 337 g/mol. The van der Waals surface area contributed by atoms with E-state index in [0.717, 1.165) is 51.2 Å². The number of carbonyl (C=O) groups excluding carboxylic acids is 1. The summed E-state index contributed by atoms with van der Waals surface area (Å²) in [5.74, 6) is 0.485. The van der Waals surface area contributed by atoms with E-state index in [1.54, 1.807) is 6.07 Å². The van der Waals surface area contributed by atoms with Gasteiger partial charge < -0.3 is 14.5 Å². The average Bonchev–Trinajstić information content (AvgIpc) is 3.17. The van der Waals surface area contributed by atoms with E-state index in [1.165, 1.54) is 12.3 Å². The van der Waals surface area contributed by atoms with Gasteiger partial charge in [0, 0.05) is 44.5 Å². The number of aromatic nitrogens is 1. The van der Waals surface area contributed by atoms with Gasteiger partial charge in [0.1, 0.15) is 6.10 Å². The number of urea groups is 1. The molecule has 3 saturated heterocycles. The molecule has 7 heteroatoms. The summed E-state index contributed by atoms with van der Waals surface area (Å²) in [7, 11) is 0. The second-order valence-corrected chi connectivity index (χ2v) is 8.05. The molecule has 0 N–H and O–H groups in total. The Kier molecular flexibility index (Phi) is 3.83. The molecule has 1 spiro atoms. The van der Waals surface area contributed by atoms with E-state index in [2.05, 4.69) is 4.98 Å². The number of nitrogens with zero attached hydrogens (tertiary/aromatic N) is 3. The third-order valence-electron chi connectivity index (χ3n) is 4.78. The van der Waals surface area contributed by atoms with Gasteiger partial charge in [0.05, 0.1) is 4.75 Å². The molecule has 5 nitrogen and oxygen atoms in total. The van der Waals surface area contributed by atoms with Crippen LogP contribution in [0.4, 0.5) is 9.18 Å². The number of halogens is 1. The van der Waals surface area contributed by atoms with Crippen LogP contribution < -0.4 is 4.74 Å². The molecule has 0 aromatic carbocycles. The molecule has 0 aliphatic carbocycles. The van der Waals surface area contributed by atoms with Crippen molar-refractivity contribution < 1.29 is 13.9 Å². The number of pyridine rings is 1. The Balaban J connectivity index is 1.31. The fraction of sp³-hybridized carbons (Fsp3) is 0.625. The summed E-state index contributed by atoms with van der Waals surface area (Å²) >= 11 is 1.84. The molecule has 1 aromatic heterocycles. The molecule has 0 radical (unpaired) electrons. The largest absolute Gasteiger partial charge is 0.471 e. The molecule has 1 aromatic rings. The van der Waals surface area contributed by atoms with Crippen LogP contribution in [-0.4, -0.2) is 63.6 Å². The van der Waals surface area contributed by atoms with Crippen LogP contribution in [0.5, 0.6) is 5.88 Å². The van der Waals surface area contributed by atoms with Crippen molar-refractivity contribution in [1.82, 2.24) is 14.8 Å². The summed E-state index contributed by atoms with van der Waals surface area (Å²) < 4.78 is 19.4. The molecule has 4 heterocycles. The normalized spacial score (nSPS) is 25.7. The first-order chi connectivity index (χ1) is 11.2. The first-order valence-corrected chi connectivity index (χ1v) is 9.09. The third kappa shape index (κ3) is 2.86. The van der Waals surface area contributed by atoms with E-state index in [9.17, 15) is 9.18 Å². The van der Waals surface area contributed by atoms with Crippen molar-refractivity contribution in [2.75, 3.05) is 31.9 Å². The molecular weight excluding hydrogens is 317 g/mol. The van der Waals surface area contributed by atoms with Crippen LogP contribution in [-0.2, 0) is 0 Å². The van der Waals surface area contributed by atoms with Gasteiger partial charge in [-0.1, -0.05) is 0 Å². The number of amides is 2. The van der Waals surface area contributed by atoms with Crippen molar-refractivity contribution in [1.29, 1.82) is 0 Å². The zero-order valence-electron chi connectivity index (χ0n) is 12.9. The molecule has 2 amide bonds. The maximum absolute atomic E-state index is 13.6. The number of ether oxygens (including phenoxy) is 1. The minimum atomic E-state index is -0.419. The monoisotopic (exact) mass is 337 g/mol. The van der Waals surface area contributed by atoms with Crippen LogP contribution >= 0.6 is 11.8 Å². The summed E-state index contributed by atoms with van der Waals surface area (Å²) in [6.07, 6.45) is 4.58. The lowest BCUT2D eigenvalue weighted by atomic mass is 9.93. The van der Waals surface area contributed by atoms with Gasteiger partial charge >= 0.3 is 6.03 Å². The Bertz CT molecular complexity index is 603. The van der Waals surface area contributed by atoms with Crippen LogP contribution in [0.2, 0.25) is 0 Å². The molecule has 23 heavy (non-hydrogen) atoms. The zero-order chi connectivity index (χ0) is 15.9. The van der Waals surface area contributed by atoms with E-state index in [-0.39, 0.29) is 22.8 Å². The molecule has 3 aliphatic rings. The summed E-state index contributed by atoms with van der Waals surface area (Å²) in [4.78, 5) is 20.2. The number of hydrogen-bond donors (Lipinski definition) is 0. The van der Waals surface area contributed by atoms with Gasteiger partial charge in [-0.15, -0.1) is 11.8 Å². The molecular formula is C16H20FN3O2S. The van der Waals surface area contributed by atoms with Gasteiger partial charge in [-0.3, -0.25) is 0 Å². The molecule has 4 rings (SSSR count). The van der Waals surface area contributed by atoms with Crippen molar-refractivity contribution >= 4 is 17.8 Å². The van der Waals surface area contributed by atoms with Crippen LogP contribution in [0.25, 0.3) is 0 Å². The van der Waals surface area contributed by atoms with Crippen LogP contribution in [0.3, 0.4) is 0 Å². The molecule has 0 bridgehead atoms. The molecule has 0 unspecified atom stereocenters. The van der Waals surface area contributed by atoms with E-state index >= 15 is 0 Å². The van der Waals surface area contributed by atoms with Gasteiger partial charge in [0.2, 0.25) is 0 Å². The highest BCUT2D eigenvalue weighted by molar-refractivity contribution is 8.01. The predicted molar refractivity (Wildman–Crippen MR) is 86.2 cm³/mol. The minimum absolute atomic E-state index is 0.0339. The van der Waals surface area contributed by atoms with E-state index in [0.29, 0.717) is 0 Å². The third-order valence-corrected chi connectivity index (χ3v) is 6.36. The van der Waals surface area contributed by atoms with E-state index < -0.39 is 5.82 Å². The Labute approximate surface area is 139 Å². The maximum Gasteiger partial charge on any atom is 0.320 e. The standard InChI is InChI=1S/C16H20FN3O2S/c17-13-4-3-5-18-14(13)22-12-8-16(23-9-12)10-20(11-16)15(21)19-6-1-2-7-19/h3-5,12H,1-2,6-11H2/t12-/m1/s1. The van der Waals surface area contributed by atoms with Crippen molar-refractivity contribution in [2.45, 2.75) is 30.1 Å². The SMILES string of the molecule is O=C(N1CCCC1)N1CC2(C[C@@H](Oc3ncccc3F)CS2)C1. The second kappa shape index (κ2) is 5.85. The Morgan fingerprint density at radius 2 is 2.13 bits per heavy atom.